The number of nitrogens with one attached hydrogen (secondary N) is 1. The number of carbonyl (C=O) groups excluding carboxylic acids is 1. The second kappa shape index (κ2) is 7.09. The molecule has 1 amide bonds. The fraction of sp³-hybridized carbons (Fsp3) is 0.500. The highest BCUT2D eigenvalue weighted by Crippen LogP contribution is 2.17. The summed E-state index contributed by atoms with van der Waals surface area (Å²) in [5.74, 6) is -0.543. The van der Waals surface area contributed by atoms with Crippen molar-refractivity contribution in [1.29, 1.82) is 0 Å². The molecule has 1 unspecified atom stereocenters. The summed E-state index contributed by atoms with van der Waals surface area (Å²) in [6, 6.07) is 6.25. The van der Waals surface area contributed by atoms with Crippen molar-refractivity contribution < 1.29 is 13.9 Å². The molecule has 1 aromatic carbocycles. The Morgan fingerprint density at radius 3 is 2.74 bits per heavy atom. The Balaban J connectivity index is 2.41. The monoisotopic (exact) mass is 268 g/mol. The van der Waals surface area contributed by atoms with Crippen molar-refractivity contribution in [2.75, 3.05) is 13.2 Å². The lowest BCUT2D eigenvalue weighted by Crippen LogP contribution is -2.53. The molecule has 0 aliphatic rings. The number of primary amides is 1. The Morgan fingerprint density at radius 1 is 1.47 bits per heavy atom. The molecule has 0 fully saturated rings. The van der Waals surface area contributed by atoms with E-state index in [0.29, 0.717) is 26.0 Å². The Kier molecular flexibility index (Phi) is 5.76. The second-order valence-electron chi connectivity index (χ2n) is 4.61. The normalized spacial score (nSPS) is 13.8. The fourth-order valence-electron chi connectivity index (χ4n) is 1.86. The fourth-order valence-corrected chi connectivity index (χ4v) is 1.86. The van der Waals surface area contributed by atoms with Crippen LogP contribution in [0.5, 0.6) is 5.75 Å². The van der Waals surface area contributed by atoms with Gasteiger partial charge < -0.3 is 15.8 Å². The van der Waals surface area contributed by atoms with Crippen LogP contribution in [0.25, 0.3) is 0 Å². The van der Waals surface area contributed by atoms with Gasteiger partial charge in [-0.2, -0.15) is 0 Å². The van der Waals surface area contributed by atoms with Crippen LogP contribution in [0.15, 0.2) is 24.3 Å². The van der Waals surface area contributed by atoms with Crippen LogP contribution in [-0.4, -0.2) is 24.6 Å². The number of ether oxygens (including phenoxy) is 1. The van der Waals surface area contributed by atoms with E-state index >= 15 is 0 Å². The van der Waals surface area contributed by atoms with Gasteiger partial charge in [-0.1, -0.05) is 19.1 Å². The number of hydrogen-bond donors (Lipinski definition) is 2. The molecule has 0 spiro atoms. The summed E-state index contributed by atoms with van der Waals surface area (Å²) in [6.07, 6.45) is 1.16. The largest absolute Gasteiger partial charge is 0.491 e. The first-order valence-corrected chi connectivity index (χ1v) is 6.42. The summed E-state index contributed by atoms with van der Waals surface area (Å²) in [5, 5.41) is 3.06. The summed E-state index contributed by atoms with van der Waals surface area (Å²) in [5.41, 5.74) is 4.63. The lowest BCUT2D eigenvalue weighted by Gasteiger charge is -2.26. The number of nitrogens with two attached hydrogens (primary N) is 1. The number of amides is 1. The van der Waals surface area contributed by atoms with Crippen molar-refractivity contribution in [2.45, 2.75) is 32.2 Å². The molecule has 0 saturated heterocycles. The zero-order chi connectivity index (χ0) is 14.3. The van der Waals surface area contributed by atoms with Crippen LogP contribution in [0.4, 0.5) is 4.39 Å². The van der Waals surface area contributed by atoms with Gasteiger partial charge in [0.05, 0.1) is 12.1 Å². The molecule has 0 aliphatic carbocycles. The van der Waals surface area contributed by atoms with E-state index in [2.05, 4.69) is 5.32 Å². The first-order chi connectivity index (χ1) is 8.99. The van der Waals surface area contributed by atoms with Crippen molar-refractivity contribution in [1.82, 2.24) is 5.32 Å². The minimum Gasteiger partial charge on any atom is -0.491 e. The van der Waals surface area contributed by atoms with Crippen molar-refractivity contribution in [2.24, 2.45) is 5.73 Å². The van der Waals surface area contributed by atoms with Crippen molar-refractivity contribution >= 4 is 5.91 Å². The maximum Gasteiger partial charge on any atom is 0.237 e. The Hall–Kier alpha value is -1.62. The summed E-state index contributed by atoms with van der Waals surface area (Å²) < 4.78 is 18.6. The van der Waals surface area contributed by atoms with E-state index in [1.54, 1.807) is 25.1 Å². The van der Waals surface area contributed by atoms with Gasteiger partial charge in [0.25, 0.3) is 0 Å². The summed E-state index contributed by atoms with van der Waals surface area (Å²) in [6.45, 7) is 4.68. The predicted molar refractivity (Wildman–Crippen MR) is 72.4 cm³/mol. The maximum absolute atomic E-state index is 13.3. The van der Waals surface area contributed by atoms with Crippen molar-refractivity contribution in [3.63, 3.8) is 0 Å². The Labute approximate surface area is 113 Å². The molecule has 0 radical (unpaired) electrons. The molecule has 0 aliphatic heterocycles. The molecule has 4 nitrogen and oxygen atoms in total. The smallest absolute Gasteiger partial charge is 0.237 e. The molecule has 0 heterocycles. The molecule has 0 aromatic heterocycles. The number of para-hydroxylation sites is 1. The highest BCUT2D eigenvalue weighted by atomic mass is 19.1. The summed E-state index contributed by atoms with van der Waals surface area (Å²) >= 11 is 0. The molecule has 3 N–H and O–H groups in total. The number of likely N-dealkylation sites (N-methyl/N-ethyl adjacent to an activating group) is 1. The van der Waals surface area contributed by atoms with Gasteiger partial charge in [0.15, 0.2) is 11.6 Å². The maximum atomic E-state index is 13.3. The lowest BCUT2D eigenvalue weighted by molar-refractivity contribution is -0.124. The van der Waals surface area contributed by atoms with E-state index in [-0.39, 0.29) is 17.5 Å². The standard InChI is InChI=1S/C14H21FN2O2/c1-3-17-14(2,13(16)18)9-6-10-19-12-8-5-4-7-11(12)15/h4-5,7-8,17H,3,6,9-10H2,1-2H3,(H2,16,18). The first-order valence-electron chi connectivity index (χ1n) is 6.42. The quantitative estimate of drug-likeness (QED) is 0.707. The predicted octanol–water partition coefficient (Wildman–Crippen LogP) is 1.84. The highest BCUT2D eigenvalue weighted by Gasteiger charge is 2.29. The topological polar surface area (TPSA) is 64.3 Å². The molecule has 106 valence electrons. The molecule has 5 heteroatoms. The van der Waals surface area contributed by atoms with Crippen LogP contribution in [0.1, 0.15) is 26.7 Å². The molecule has 19 heavy (non-hydrogen) atoms. The zero-order valence-electron chi connectivity index (χ0n) is 11.4. The zero-order valence-corrected chi connectivity index (χ0v) is 11.4. The van der Waals surface area contributed by atoms with Gasteiger partial charge >= 0.3 is 0 Å². The number of carbonyl (C=O) groups is 1. The van der Waals surface area contributed by atoms with E-state index in [1.165, 1.54) is 6.07 Å². The van der Waals surface area contributed by atoms with E-state index < -0.39 is 5.54 Å². The molecular weight excluding hydrogens is 247 g/mol. The van der Waals surface area contributed by atoms with Gasteiger partial charge in [-0.3, -0.25) is 4.79 Å². The van der Waals surface area contributed by atoms with Crippen LogP contribution in [0.3, 0.4) is 0 Å². The van der Waals surface area contributed by atoms with Gasteiger partial charge in [0.1, 0.15) is 0 Å². The molecule has 0 bridgehead atoms. The lowest BCUT2D eigenvalue weighted by atomic mass is 9.95. The van der Waals surface area contributed by atoms with Crippen LogP contribution in [-0.2, 0) is 4.79 Å². The number of benzene rings is 1. The molecule has 0 saturated carbocycles. The minimum atomic E-state index is -0.743. The van der Waals surface area contributed by atoms with E-state index in [9.17, 15) is 9.18 Å². The van der Waals surface area contributed by atoms with E-state index in [4.69, 9.17) is 10.5 Å². The summed E-state index contributed by atoms with van der Waals surface area (Å²) in [7, 11) is 0. The van der Waals surface area contributed by atoms with E-state index in [1.807, 2.05) is 6.92 Å². The van der Waals surface area contributed by atoms with Crippen LogP contribution >= 0.6 is 0 Å². The molecule has 1 rings (SSSR count). The third kappa shape index (κ3) is 4.52. The average Bonchev–Trinajstić information content (AvgIpc) is 2.37. The molecule has 1 aromatic rings. The van der Waals surface area contributed by atoms with Crippen LogP contribution in [0.2, 0.25) is 0 Å². The number of halogens is 1. The third-order valence-corrected chi connectivity index (χ3v) is 3.03. The van der Waals surface area contributed by atoms with Crippen molar-refractivity contribution in [3.05, 3.63) is 30.1 Å². The number of rotatable bonds is 8. The van der Waals surface area contributed by atoms with Gasteiger partial charge in [0, 0.05) is 0 Å². The van der Waals surface area contributed by atoms with Crippen molar-refractivity contribution in [3.8, 4) is 5.75 Å². The second-order valence-corrected chi connectivity index (χ2v) is 4.61. The van der Waals surface area contributed by atoms with Gasteiger partial charge in [0.2, 0.25) is 5.91 Å². The molecular formula is C14H21FN2O2. The Morgan fingerprint density at radius 2 is 2.16 bits per heavy atom. The average molecular weight is 268 g/mol. The highest BCUT2D eigenvalue weighted by molar-refractivity contribution is 5.84. The van der Waals surface area contributed by atoms with Gasteiger partial charge in [-0.25, -0.2) is 4.39 Å². The van der Waals surface area contributed by atoms with Gasteiger partial charge in [-0.05, 0) is 38.4 Å². The van der Waals surface area contributed by atoms with Crippen LogP contribution < -0.4 is 15.8 Å². The minimum absolute atomic E-state index is 0.228. The first kappa shape index (κ1) is 15.4. The molecule has 1 atom stereocenters. The van der Waals surface area contributed by atoms with E-state index in [0.717, 1.165) is 0 Å². The Bertz CT molecular complexity index is 426. The number of hydrogen-bond acceptors (Lipinski definition) is 3. The summed E-state index contributed by atoms with van der Waals surface area (Å²) in [4.78, 5) is 11.4. The van der Waals surface area contributed by atoms with Gasteiger partial charge in [-0.15, -0.1) is 0 Å². The third-order valence-electron chi connectivity index (χ3n) is 3.03. The SMILES string of the molecule is CCNC(C)(CCCOc1ccccc1F)C(N)=O. The van der Waals surface area contributed by atoms with Crippen LogP contribution in [0, 0.1) is 5.82 Å².